The Labute approximate surface area is 266 Å². The van der Waals surface area contributed by atoms with Crippen LogP contribution < -0.4 is 10.2 Å². The van der Waals surface area contributed by atoms with Crippen LogP contribution >= 0.6 is 0 Å². The van der Waals surface area contributed by atoms with Crippen molar-refractivity contribution < 1.29 is 19.8 Å². The molecule has 0 heterocycles. The van der Waals surface area contributed by atoms with E-state index in [2.05, 4.69) is 34.6 Å². The molecule has 0 aliphatic rings. The van der Waals surface area contributed by atoms with Crippen LogP contribution in [0.1, 0.15) is 172 Å². The molecule has 0 aliphatic heterocycles. The molecule has 230 valence electrons. The van der Waals surface area contributed by atoms with Gasteiger partial charge in [-0.25, -0.2) is 0 Å². The Balaban J connectivity index is -0.000000269. The van der Waals surface area contributed by atoms with Crippen molar-refractivity contribution in [1.29, 1.82) is 0 Å². The first-order valence-corrected chi connectivity index (χ1v) is 15.9. The number of carbonyl (C=O) groups excluding carboxylic acids is 2. The monoisotopic (exact) mass is 666 g/mol. The molecule has 1 rings (SSSR count). The zero-order valence-electron chi connectivity index (χ0n) is 26.7. The van der Waals surface area contributed by atoms with Crippen LogP contribution in [0.2, 0.25) is 0 Å². The van der Waals surface area contributed by atoms with Gasteiger partial charge in [0.25, 0.3) is 0 Å². The molecule has 1 aromatic rings. The Morgan fingerprint density at radius 1 is 0.600 bits per heavy atom. The number of carboxylic acid groups (broad SMARTS) is 2. The second-order valence-corrected chi connectivity index (χ2v) is 10.1. The summed E-state index contributed by atoms with van der Waals surface area (Å²) in [6.45, 7) is 15.6. The van der Waals surface area contributed by atoms with Crippen molar-refractivity contribution in [3.63, 3.8) is 0 Å². The van der Waals surface area contributed by atoms with Crippen LogP contribution in [0.25, 0.3) is 0 Å². The van der Waals surface area contributed by atoms with Crippen molar-refractivity contribution in [3.05, 3.63) is 49.2 Å². The van der Waals surface area contributed by atoms with Gasteiger partial charge in [-0.15, -0.1) is 0 Å². The first-order valence-electron chi connectivity index (χ1n) is 15.9. The smallest absolute Gasteiger partial charge is 0.550 e. The van der Waals surface area contributed by atoms with Crippen LogP contribution in [-0.2, 0) is 11.2 Å². The van der Waals surface area contributed by atoms with Crippen molar-refractivity contribution in [3.8, 4) is 0 Å². The van der Waals surface area contributed by atoms with Gasteiger partial charge in [-0.3, -0.25) is 0 Å². The third-order valence-corrected chi connectivity index (χ3v) is 6.31. The molecule has 0 aromatic heterocycles. The van der Waals surface area contributed by atoms with Gasteiger partial charge in [0.1, 0.15) is 0 Å². The third kappa shape index (κ3) is 39.1. The molecule has 1 aromatic carbocycles. The summed E-state index contributed by atoms with van der Waals surface area (Å²) in [6, 6.07) is 6.88. The standard InChI is InChI=1S/C18H36O2.C9H10O2.2C4H9.Sn/c1-2-3-4-5-6-7-8-9-10-11-12-13-14-15-16-17-18(19)20;1-2-7-5-3-4-6-8(7)9(10)11;2*1-3-4-2;/h2-17H2,1H3,(H,19,20);3-6H,2H2,1H3,(H,10,11);2*1,3-4H2,2H3;/q;;;;+2/p-2. The first kappa shape index (κ1) is 45.9. The second kappa shape index (κ2) is 40.1. The van der Waals surface area contributed by atoms with Crippen molar-refractivity contribution in [2.75, 3.05) is 0 Å². The maximum atomic E-state index is 10.5. The molecule has 4 nitrogen and oxygen atoms in total. The summed E-state index contributed by atoms with van der Waals surface area (Å²) < 4.78 is 0. The summed E-state index contributed by atoms with van der Waals surface area (Å²) in [5.74, 6) is -2.00. The van der Waals surface area contributed by atoms with Gasteiger partial charge in [-0.05, 0) is 24.8 Å². The molecule has 40 heavy (non-hydrogen) atoms. The number of carbonyl (C=O) groups is 2. The van der Waals surface area contributed by atoms with Crippen molar-refractivity contribution in [2.45, 2.75) is 163 Å². The van der Waals surface area contributed by atoms with E-state index in [-0.39, 0.29) is 30.3 Å². The fourth-order valence-corrected chi connectivity index (χ4v) is 3.67. The number of aryl methyl sites for hydroxylation is 1. The maximum absolute atomic E-state index is 10.5. The summed E-state index contributed by atoms with van der Waals surface area (Å²) in [7, 11) is 0. The predicted octanol–water partition coefficient (Wildman–Crippen LogP) is 8.47. The SMILES string of the molecule is CCCCCCCCCCCCCCCCCC(=O)[O-].CCc1ccccc1C(=O)[O-].[CH2]CCC.[CH2]CCC.[Sn+2]. The molecular formula is C35H62O4Sn. The Morgan fingerprint density at radius 2 is 0.950 bits per heavy atom. The third-order valence-electron chi connectivity index (χ3n) is 6.31. The van der Waals surface area contributed by atoms with E-state index in [1.807, 2.05) is 13.0 Å². The number of benzene rings is 1. The zero-order valence-corrected chi connectivity index (χ0v) is 29.6. The number of aromatic carboxylic acids is 1. The topological polar surface area (TPSA) is 80.3 Å². The van der Waals surface area contributed by atoms with Gasteiger partial charge >= 0.3 is 23.9 Å². The second-order valence-electron chi connectivity index (χ2n) is 10.1. The predicted molar refractivity (Wildman–Crippen MR) is 171 cm³/mol. The molecule has 0 atom stereocenters. The quantitative estimate of drug-likeness (QED) is 0.103. The fraction of sp³-hybridized carbons (Fsp3) is 0.714. The minimum Gasteiger partial charge on any atom is -0.550 e. The molecule has 0 spiro atoms. The number of hydrogen-bond acceptors (Lipinski definition) is 4. The maximum Gasteiger partial charge on any atom is 2.00 e. The van der Waals surface area contributed by atoms with E-state index < -0.39 is 11.9 Å². The van der Waals surface area contributed by atoms with Crippen LogP contribution in [0.5, 0.6) is 0 Å². The van der Waals surface area contributed by atoms with Gasteiger partial charge in [-0.2, -0.15) is 0 Å². The molecule has 0 fully saturated rings. The molecule has 5 heteroatoms. The van der Waals surface area contributed by atoms with Crippen molar-refractivity contribution in [2.24, 2.45) is 0 Å². The molecule has 0 unspecified atom stereocenters. The number of hydrogen-bond donors (Lipinski definition) is 0. The summed E-state index contributed by atoms with van der Waals surface area (Å²) >= 11 is 0. The number of rotatable bonds is 20. The van der Waals surface area contributed by atoms with E-state index in [1.54, 1.807) is 18.2 Å². The average molecular weight is 666 g/mol. The molecule has 0 amide bonds. The molecule has 0 N–H and O–H groups in total. The molecule has 0 bridgehead atoms. The van der Waals surface area contributed by atoms with Crippen LogP contribution in [0, 0.1) is 13.8 Å². The Bertz CT molecular complexity index is 626. The van der Waals surface area contributed by atoms with E-state index in [0.717, 1.165) is 37.7 Å². The molecule has 4 radical (unpaired) electrons. The number of unbranched alkanes of at least 4 members (excludes halogenated alkanes) is 16. The van der Waals surface area contributed by atoms with Gasteiger partial charge in [0, 0.05) is 11.5 Å². The molecule has 0 saturated heterocycles. The van der Waals surface area contributed by atoms with E-state index >= 15 is 0 Å². The Kier molecular flexibility index (Phi) is 46.0. The largest absolute Gasteiger partial charge is 2.00 e. The van der Waals surface area contributed by atoms with Gasteiger partial charge in [-0.1, -0.05) is 181 Å². The van der Waals surface area contributed by atoms with Crippen LogP contribution in [0.3, 0.4) is 0 Å². The molecule has 0 aliphatic carbocycles. The van der Waals surface area contributed by atoms with Crippen LogP contribution in [0.4, 0.5) is 0 Å². The first-order chi connectivity index (χ1) is 18.9. The van der Waals surface area contributed by atoms with Gasteiger partial charge in [0.15, 0.2) is 0 Å². The van der Waals surface area contributed by atoms with Gasteiger partial charge in [0.2, 0.25) is 0 Å². The number of aliphatic carboxylic acids is 1. The fourth-order valence-electron chi connectivity index (χ4n) is 3.67. The average Bonchev–Trinajstić information content (AvgIpc) is 2.95. The summed E-state index contributed by atoms with van der Waals surface area (Å²) in [4.78, 5) is 20.7. The van der Waals surface area contributed by atoms with Crippen LogP contribution in [0.15, 0.2) is 24.3 Å². The van der Waals surface area contributed by atoms with E-state index in [4.69, 9.17) is 0 Å². The van der Waals surface area contributed by atoms with Crippen LogP contribution in [-0.4, -0.2) is 35.8 Å². The molecular weight excluding hydrogens is 603 g/mol. The zero-order chi connectivity index (χ0) is 30.0. The minimum atomic E-state index is -1.09. The van der Waals surface area contributed by atoms with E-state index in [1.165, 1.54) is 96.3 Å². The van der Waals surface area contributed by atoms with Crippen molar-refractivity contribution in [1.82, 2.24) is 0 Å². The number of carboxylic acids is 2. The van der Waals surface area contributed by atoms with E-state index in [0.29, 0.717) is 5.56 Å². The van der Waals surface area contributed by atoms with Crippen molar-refractivity contribution >= 4 is 35.8 Å². The van der Waals surface area contributed by atoms with Gasteiger partial charge < -0.3 is 19.8 Å². The normalized spacial score (nSPS) is 9.55. The minimum absolute atomic E-state index is 0. The van der Waals surface area contributed by atoms with Gasteiger partial charge in [0.05, 0.1) is 5.97 Å². The van der Waals surface area contributed by atoms with E-state index in [9.17, 15) is 19.8 Å². The summed E-state index contributed by atoms with van der Waals surface area (Å²) in [6.07, 6.45) is 25.1. The summed E-state index contributed by atoms with van der Waals surface area (Å²) in [5, 5.41) is 20.7. The summed E-state index contributed by atoms with van der Waals surface area (Å²) in [5.41, 5.74) is 1.13. The Hall–Kier alpha value is -1.04. The Morgan fingerprint density at radius 3 is 1.23 bits per heavy atom. The molecule has 0 saturated carbocycles.